The molecule has 3 aromatic rings. The minimum absolute atomic E-state index is 0.0126. The van der Waals surface area contributed by atoms with Gasteiger partial charge in [0.15, 0.2) is 5.78 Å². The monoisotopic (exact) mass is 259 g/mol. The fourth-order valence-corrected chi connectivity index (χ4v) is 2.18. The molecule has 0 aliphatic carbocycles. The molecule has 0 radical (unpaired) electrons. The third-order valence-corrected chi connectivity index (χ3v) is 3.19. The number of rotatable bonds is 3. The Bertz CT molecular complexity index is 770. The lowest BCUT2D eigenvalue weighted by molar-refractivity contribution is 0.104. The number of fused-ring (bicyclic) bond motifs is 1. The van der Waals surface area contributed by atoms with Crippen molar-refractivity contribution in [3.05, 3.63) is 84.2 Å². The summed E-state index contributed by atoms with van der Waals surface area (Å²) in [5.74, 6) is 0.0126. The van der Waals surface area contributed by atoms with Crippen LogP contribution in [0.15, 0.2) is 73.1 Å². The third-order valence-electron chi connectivity index (χ3n) is 3.19. The smallest absolute Gasteiger partial charge is 0.186 e. The first-order valence-corrected chi connectivity index (χ1v) is 6.45. The van der Waals surface area contributed by atoms with Gasteiger partial charge in [0.25, 0.3) is 0 Å². The predicted molar refractivity (Wildman–Crippen MR) is 81.5 cm³/mol. The average Bonchev–Trinajstić information content (AvgIpc) is 2.53. The van der Waals surface area contributed by atoms with Crippen LogP contribution in [-0.4, -0.2) is 10.8 Å². The van der Waals surface area contributed by atoms with Gasteiger partial charge in [-0.25, -0.2) is 0 Å². The molecular formula is C18H13NO. The molecule has 0 spiro atoms. The topological polar surface area (TPSA) is 30.0 Å². The number of hydrogen-bond donors (Lipinski definition) is 0. The highest BCUT2D eigenvalue weighted by Gasteiger charge is 2.06. The Morgan fingerprint density at radius 1 is 0.900 bits per heavy atom. The van der Waals surface area contributed by atoms with Gasteiger partial charge in [-0.15, -0.1) is 0 Å². The van der Waals surface area contributed by atoms with Crippen LogP contribution in [0.5, 0.6) is 0 Å². The summed E-state index contributed by atoms with van der Waals surface area (Å²) in [6.07, 6.45) is 6.84. The molecule has 0 N–H and O–H groups in total. The van der Waals surface area contributed by atoms with Crippen molar-refractivity contribution in [2.45, 2.75) is 0 Å². The molecule has 0 saturated heterocycles. The Hall–Kier alpha value is -2.74. The van der Waals surface area contributed by atoms with E-state index in [0.29, 0.717) is 0 Å². The van der Waals surface area contributed by atoms with Crippen molar-refractivity contribution in [2.24, 2.45) is 0 Å². The Balaban J connectivity index is 1.95. The average molecular weight is 259 g/mol. The Kier molecular flexibility index (Phi) is 3.38. The van der Waals surface area contributed by atoms with Gasteiger partial charge in [0.2, 0.25) is 0 Å². The molecule has 0 fully saturated rings. The normalized spacial score (nSPS) is 11.0. The minimum Gasteiger partial charge on any atom is -0.289 e. The highest BCUT2D eigenvalue weighted by Crippen LogP contribution is 2.19. The first-order valence-electron chi connectivity index (χ1n) is 6.45. The maximum Gasteiger partial charge on any atom is 0.186 e. The molecule has 1 heterocycles. The fourth-order valence-electron chi connectivity index (χ4n) is 2.18. The van der Waals surface area contributed by atoms with Crippen LogP contribution in [0, 0.1) is 0 Å². The van der Waals surface area contributed by atoms with Crippen LogP contribution in [0.2, 0.25) is 0 Å². The van der Waals surface area contributed by atoms with E-state index in [1.165, 1.54) is 0 Å². The molecular weight excluding hydrogens is 246 g/mol. The second-order valence-electron chi connectivity index (χ2n) is 4.50. The van der Waals surface area contributed by atoms with E-state index in [-0.39, 0.29) is 5.78 Å². The summed E-state index contributed by atoms with van der Waals surface area (Å²) in [5.41, 5.74) is 1.70. The number of carbonyl (C=O) groups excluding carboxylic acids is 1. The number of benzene rings is 2. The zero-order chi connectivity index (χ0) is 13.8. The minimum atomic E-state index is 0.0126. The van der Waals surface area contributed by atoms with Crippen LogP contribution in [0.4, 0.5) is 0 Å². The lowest BCUT2D eigenvalue weighted by Gasteiger charge is -2.02. The van der Waals surface area contributed by atoms with Gasteiger partial charge in [0.1, 0.15) is 0 Å². The number of pyridine rings is 1. The van der Waals surface area contributed by atoms with Crippen molar-refractivity contribution in [3.63, 3.8) is 0 Å². The van der Waals surface area contributed by atoms with Gasteiger partial charge < -0.3 is 0 Å². The lowest BCUT2D eigenvalue weighted by Crippen LogP contribution is -1.95. The van der Waals surface area contributed by atoms with E-state index in [9.17, 15) is 4.79 Å². The van der Waals surface area contributed by atoms with Gasteiger partial charge >= 0.3 is 0 Å². The first kappa shape index (κ1) is 12.3. The van der Waals surface area contributed by atoms with E-state index in [1.807, 2.05) is 60.7 Å². The summed E-state index contributed by atoms with van der Waals surface area (Å²) in [6.45, 7) is 0. The Morgan fingerprint density at radius 2 is 1.65 bits per heavy atom. The lowest BCUT2D eigenvalue weighted by atomic mass is 10.0. The maximum absolute atomic E-state index is 12.3. The van der Waals surface area contributed by atoms with E-state index in [2.05, 4.69) is 4.98 Å². The number of aromatic nitrogens is 1. The predicted octanol–water partition coefficient (Wildman–Crippen LogP) is 4.13. The van der Waals surface area contributed by atoms with Crippen LogP contribution >= 0.6 is 0 Å². The van der Waals surface area contributed by atoms with E-state index in [1.54, 1.807) is 18.5 Å². The molecule has 20 heavy (non-hydrogen) atoms. The highest BCUT2D eigenvalue weighted by molar-refractivity contribution is 6.14. The van der Waals surface area contributed by atoms with Crippen molar-refractivity contribution in [1.29, 1.82) is 0 Å². The van der Waals surface area contributed by atoms with E-state index >= 15 is 0 Å². The third kappa shape index (κ3) is 2.50. The molecule has 0 amide bonds. The fraction of sp³-hybridized carbons (Fsp3) is 0. The summed E-state index contributed by atoms with van der Waals surface area (Å²) >= 11 is 0. The molecule has 0 aliphatic rings. The summed E-state index contributed by atoms with van der Waals surface area (Å²) in [7, 11) is 0. The van der Waals surface area contributed by atoms with Gasteiger partial charge in [-0.3, -0.25) is 9.78 Å². The van der Waals surface area contributed by atoms with Crippen molar-refractivity contribution >= 4 is 22.6 Å². The van der Waals surface area contributed by atoms with Crippen molar-refractivity contribution in [3.8, 4) is 0 Å². The molecule has 1 aromatic heterocycles. The van der Waals surface area contributed by atoms with E-state index in [4.69, 9.17) is 0 Å². The second kappa shape index (κ2) is 5.49. The maximum atomic E-state index is 12.3. The van der Waals surface area contributed by atoms with Crippen LogP contribution < -0.4 is 0 Å². The first-order chi connectivity index (χ1) is 9.84. The van der Waals surface area contributed by atoms with E-state index in [0.717, 1.165) is 21.9 Å². The largest absolute Gasteiger partial charge is 0.289 e. The number of carbonyl (C=O) groups is 1. The van der Waals surface area contributed by atoms with Crippen LogP contribution in [0.3, 0.4) is 0 Å². The number of nitrogens with zero attached hydrogens (tertiary/aromatic N) is 1. The van der Waals surface area contributed by atoms with Crippen molar-refractivity contribution < 1.29 is 4.79 Å². The molecule has 0 saturated carbocycles. The van der Waals surface area contributed by atoms with Crippen LogP contribution in [0.1, 0.15) is 15.9 Å². The number of allylic oxidation sites excluding steroid dienone is 1. The Labute approximate surface area is 117 Å². The molecule has 96 valence electrons. The molecule has 2 heteroatoms. The van der Waals surface area contributed by atoms with Crippen LogP contribution in [-0.2, 0) is 0 Å². The Morgan fingerprint density at radius 3 is 2.50 bits per heavy atom. The highest BCUT2D eigenvalue weighted by atomic mass is 16.1. The van der Waals surface area contributed by atoms with E-state index < -0.39 is 0 Å². The number of hydrogen-bond acceptors (Lipinski definition) is 2. The standard InChI is InChI=1S/C18H13NO/c20-18(9-8-14-10-12-19-13-11-14)17-7-3-5-15-4-1-2-6-16(15)17/h1-13H/b9-8+. The summed E-state index contributed by atoms with van der Waals surface area (Å²) in [4.78, 5) is 16.3. The van der Waals surface area contributed by atoms with Gasteiger partial charge in [0, 0.05) is 18.0 Å². The number of ketones is 1. The summed E-state index contributed by atoms with van der Waals surface area (Å²) < 4.78 is 0. The second-order valence-corrected chi connectivity index (χ2v) is 4.50. The van der Waals surface area contributed by atoms with Gasteiger partial charge in [-0.2, -0.15) is 0 Å². The van der Waals surface area contributed by atoms with Crippen molar-refractivity contribution in [1.82, 2.24) is 4.98 Å². The molecule has 0 aliphatic heterocycles. The molecule has 0 unspecified atom stereocenters. The summed E-state index contributed by atoms with van der Waals surface area (Å²) in [5, 5.41) is 2.06. The quantitative estimate of drug-likeness (QED) is 0.523. The van der Waals surface area contributed by atoms with Gasteiger partial charge in [-0.1, -0.05) is 48.5 Å². The van der Waals surface area contributed by atoms with Gasteiger partial charge in [-0.05, 0) is 34.5 Å². The molecule has 3 rings (SSSR count). The molecule has 2 nitrogen and oxygen atoms in total. The van der Waals surface area contributed by atoms with Crippen molar-refractivity contribution in [2.75, 3.05) is 0 Å². The SMILES string of the molecule is O=C(/C=C/c1ccncc1)c1cccc2ccccc12. The zero-order valence-corrected chi connectivity index (χ0v) is 10.9. The molecule has 0 bridgehead atoms. The zero-order valence-electron chi connectivity index (χ0n) is 10.9. The van der Waals surface area contributed by atoms with Gasteiger partial charge in [0.05, 0.1) is 0 Å². The summed E-state index contributed by atoms with van der Waals surface area (Å²) in [6, 6.07) is 17.4. The molecule has 2 aromatic carbocycles. The van der Waals surface area contributed by atoms with Crippen LogP contribution in [0.25, 0.3) is 16.8 Å². The molecule has 0 atom stereocenters.